The number of anilines is 1. The molecule has 2 N–H and O–H groups in total. The first-order valence-corrected chi connectivity index (χ1v) is 6.32. The summed E-state index contributed by atoms with van der Waals surface area (Å²) in [6.07, 6.45) is 0. The zero-order valence-corrected chi connectivity index (χ0v) is 10.0. The summed E-state index contributed by atoms with van der Waals surface area (Å²) in [5.74, 6) is 0. The molecular formula is C8H6Cl2N2O3S. The molecule has 1 aromatic carbocycles. The fourth-order valence-electron chi connectivity index (χ4n) is 1.27. The van der Waals surface area contributed by atoms with Gasteiger partial charge < -0.3 is 5.32 Å². The normalized spacial score (nSPS) is 24.3. The molecule has 1 aliphatic rings. The molecule has 0 aliphatic carbocycles. The smallest absolute Gasteiger partial charge is 0.333 e. The van der Waals surface area contributed by atoms with E-state index in [4.69, 9.17) is 27.8 Å². The Hall–Kier alpha value is -0.820. The highest BCUT2D eigenvalue weighted by Crippen LogP contribution is 2.34. The summed E-state index contributed by atoms with van der Waals surface area (Å²) in [6, 6.07) is 6.61. The van der Waals surface area contributed by atoms with Crippen LogP contribution in [0.2, 0.25) is 0 Å². The van der Waals surface area contributed by atoms with Crippen LogP contribution in [0.3, 0.4) is 0 Å². The van der Waals surface area contributed by atoms with Crippen LogP contribution in [0.25, 0.3) is 0 Å². The molecular weight excluding hydrogens is 275 g/mol. The van der Waals surface area contributed by atoms with E-state index in [0.29, 0.717) is 11.3 Å². The van der Waals surface area contributed by atoms with Gasteiger partial charge in [0.2, 0.25) is 0 Å². The van der Waals surface area contributed by atoms with E-state index in [2.05, 4.69) is 10.3 Å². The predicted octanol–water partition coefficient (Wildman–Crippen LogP) is 1.84. The molecule has 1 aliphatic heterocycles. The Morgan fingerprint density at radius 2 is 2.00 bits per heavy atom. The maximum absolute atomic E-state index is 11.1. The molecule has 0 saturated carbocycles. The summed E-state index contributed by atoms with van der Waals surface area (Å²) in [7, 11) is -4.62. The van der Waals surface area contributed by atoms with Crippen molar-refractivity contribution in [3.8, 4) is 0 Å². The van der Waals surface area contributed by atoms with Crippen LogP contribution in [-0.4, -0.2) is 22.6 Å². The van der Waals surface area contributed by atoms with E-state index < -0.39 is 14.6 Å². The number of aliphatic imine (C=N–C) groups is 1. The largest absolute Gasteiger partial charge is 0.338 e. The number of hydrogen-bond donors (Lipinski definition) is 2. The van der Waals surface area contributed by atoms with Gasteiger partial charge in [0.15, 0.2) is 0 Å². The van der Waals surface area contributed by atoms with Crippen LogP contribution in [-0.2, 0) is 10.1 Å². The average molecular weight is 281 g/mol. The number of fused-ring (bicyclic) bond motifs is 1. The molecule has 0 fully saturated rings. The Morgan fingerprint density at radius 3 is 2.62 bits per heavy atom. The van der Waals surface area contributed by atoms with Gasteiger partial charge in [0.05, 0.1) is 0 Å². The van der Waals surface area contributed by atoms with Crippen molar-refractivity contribution in [3.63, 3.8) is 0 Å². The molecule has 5 nitrogen and oxygen atoms in total. The zero-order chi connectivity index (χ0) is 12.0. The number of nitrogens with one attached hydrogen (secondary N) is 1. The van der Waals surface area contributed by atoms with Gasteiger partial charge in [-0.2, -0.15) is 8.42 Å². The van der Waals surface area contributed by atoms with Gasteiger partial charge in [0.25, 0.3) is 0 Å². The van der Waals surface area contributed by atoms with Crippen molar-refractivity contribution in [3.05, 3.63) is 29.8 Å². The lowest BCUT2D eigenvalue weighted by Crippen LogP contribution is -2.41. The monoisotopic (exact) mass is 280 g/mol. The lowest BCUT2D eigenvalue weighted by atomic mass is 10.2. The van der Waals surface area contributed by atoms with Crippen molar-refractivity contribution >= 4 is 44.2 Å². The zero-order valence-electron chi connectivity index (χ0n) is 7.68. The maximum atomic E-state index is 11.1. The Labute approximate surface area is 102 Å². The van der Waals surface area contributed by atoms with Crippen molar-refractivity contribution in [2.24, 2.45) is 4.99 Å². The Kier molecular flexibility index (Phi) is 2.62. The van der Waals surface area contributed by atoms with Crippen molar-refractivity contribution in [2.45, 2.75) is 4.45 Å². The number of benzene rings is 1. The molecule has 1 aromatic rings. The quantitative estimate of drug-likeness (QED) is 0.467. The number of nitrogens with zero attached hydrogens (tertiary/aromatic N) is 1. The molecule has 1 heterocycles. The summed E-state index contributed by atoms with van der Waals surface area (Å²) in [5.41, 5.74) is 0.902. The number of rotatable bonds is 1. The highest BCUT2D eigenvalue weighted by atomic mass is 35.5. The number of hydrogen-bond acceptors (Lipinski definition) is 4. The summed E-state index contributed by atoms with van der Waals surface area (Å²) in [4.78, 5) is 3.53. The van der Waals surface area contributed by atoms with Gasteiger partial charge in [0, 0.05) is 11.3 Å². The van der Waals surface area contributed by atoms with Crippen molar-refractivity contribution in [1.29, 1.82) is 0 Å². The molecule has 1 unspecified atom stereocenters. The van der Waals surface area contributed by atoms with Gasteiger partial charge in [0.1, 0.15) is 5.17 Å². The third-order valence-corrected chi connectivity index (χ3v) is 3.95. The van der Waals surface area contributed by atoms with Gasteiger partial charge >= 0.3 is 14.6 Å². The molecule has 8 heteroatoms. The summed E-state index contributed by atoms with van der Waals surface area (Å²) in [6.45, 7) is 0. The Bertz CT molecular complexity index is 572. The Morgan fingerprint density at radius 1 is 1.38 bits per heavy atom. The molecule has 0 spiro atoms. The van der Waals surface area contributed by atoms with E-state index in [1.807, 2.05) is 0 Å². The summed E-state index contributed by atoms with van der Waals surface area (Å²) in [5, 5.41) is 2.32. The lowest BCUT2D eigenvalue weighted by Gasteiger charge is -2.27. The van der Waals surface area contributed by atoms with Crippen LogP contribution in [0.5, 0.6) is 0 Å². The first kappa shape index (κ1) is 11.7. The minimum absolute atomic E-state index is 0.0815. The maximum Gasteiger partial charge on any atom is 0.338 e. The molecule has 0 radical (unpaired) electrons. The fraction of sp³-hybridized carbons (Fsp3) is 0.125. The molecule has 0 bridgehead atoms. The minimum atomic E-state index is -4.62. The Balaban J connectivity index is 2.61. The first-order chi connectivity index (χ1) is 7.33. The van der Waals surface area contributed by atoms with Gasteiger partial charge in [-0.05, 0) is 12.1 Å². The molecule has 86 valence electrons. The van der Waals surface area contributed by atoms with E-state index in [0.717, 1.165) is 0 Å². The standard InChI is InChI=1S/C8H6Cl2N2O3S/c9-7-5-3-1-2-4-6(5)11-8(10,12-7)16(13,14)15/h1-4,11H,(H,13,14,15). The van der Waals surface area contributed by atoms with E-state index in [1.54, 1.807) is 24.3 Å². The van der Waals surface area contributed by atoms with Gasteiger partial charge in [-0.15, -0.1) is 0 Å². The third-order valence-electron chi connectivity index (χ3n) is 2.02. The topological polar surface area (TPSA) is 78.8 Å². The predicted molar refractivity (Wildman–Crippen MR) is 62.6 cm³/mol. The van der Waals surface area contributed by atoms with Gasteiger partial charge in [-0.1, -0.05) is 35.3 Å². The second kappa shape index (κ2) is 3.59. The van der Waals surface area contributed by atoms with E-state index in [9.17, 15) is 8.42 Å². The van der Waals surface area contributed by atoms with Crippen LogP contribution in [0.4, 0.5) is 5.69 Å². The highest BCUT2D eigenvalue weighted by Gasteiger charge is 2.44. The number of para-hydroxylation sites is 1. The fourth-order valence-corrected chi connectivity index (χ4v) is 2.29. The van der Waals surface area contributed by atoms with E-state index in [1.165, 1.54) is 0 Å². The molecule has 1 atom stereocenters. The lowest BCUT2D eigenvalue weighted by molar-refractivity contribution is 0.466. The van der Waals surface area contributed by atoms with Crippen molar-refractivity contribution in [1.82, 2.24) is 0 Å². The SMILES string of the molecule is O=S(=O)(O)C1(Cl)N=C(Cl)c2ccccc2N1. The van der Waals surface area contributed by atoms with Crippen LogP contribution in [0, 0.1) is 0 Å². The molecule has 2 rings (SSSR count). The first-order valence-electron chi connectivity index (χ1n) is 4.12. The minimum Gasteiger partial charge on any atom is -0.333 e. The van der Waals surface area contributed by atoms with Crippen LogP contribution in [0.15, 0.2) is 29.3 Å². The molecule has 16 heavy (non-hydrogen) atoms. The number of halogens is 2. The summed E-state index contributed by atoms with van der Waals surface area (Å²) < 4.78 is 28.7. The molecule has 0 amide bonds. The highest BCUT2D eigenvalue weighted by molar-refractivity contribution is 7.88. The van der Waals surface area contributed by atoms with Crippen LogP contribution < -0.4 is 5.32 Å². The second-order valence-corrected chi connectivity index (χ2v) is 5.78. The van der Waals surface area contributed by atoms with E-state index in [-0.39, 0.29) is 5.17 Å². The average Bonchev–Trinajstić information content (AvgIpc) is 2.15. The molecule has 0 saturated heterocycles. The summed E-state index contributed by atoms with van der Waals surface area (Å²) >= 11 is 11.4. The second-order valence-electron chi connectivity index (χ2n) is 3.11. The third kappa shape index (κ3) is 1.78. The van der Waals surface area contributed by atoms with Gasteiger partial charge in [-0.25, -0.2) is 4.99 Å². The van der Waals surface area contributed by atoms with Gasteiger partial charge in [-0.3, -0.25) is 4.55 Å². The van der Waals surface area contributed by atoms with Crippen molar-refractivity contribution in [2.75, 3.05) is 5.32 Å². The van der Waals surface area contributed by atoms with Crippen molar-refractivity contribution < 1.29 is 13.0 Å². The molecule has 0 aromatic heterocycles. The van der Waals surface area contributed by atoms with Crippen LogP contribution >= 0.6 is 23.2 Å². The van der Waals surface area contributed by atoms with Crippen LogP contribution in [0.1, 0.15) is 5.56 Å². The van der Waals surface area contributed by atoms with E-state index >= 15 is 0 Å². The number of alkyl halides is 1.